The molecule has 1 fully saturated rings. The molecular formula is C19H18BrNO3. The van der Waals surface area contributed by atoms with Crippen molar-refractivity contribution in [3.8, 4) is 0 Å². The summed E-state index contributed by atoms with van der Waals surface area (Å²) in [5.74, 6) is -1.43. The normalized spacial score (nSPS) is 18.9. The van der Waals surface area contributed by atoms with Crippen molar-refractivity contribution in [1.29, 1.82) is 0 Å². The van der Waals surface area contributed by atoms with Gasteiger partial charge in [0.2, 0.25) is 0 Å². The lowest BCUT2D eigenvalue weighted by atomic mass is 10.1. The lowest BCUT2D eigenvalue weighted by Crippen LogP contribution is -2.47. The number of carbonyl (C=O) groups is 1. The second-order valence-corrected chi connectivity index (χ2v) is 7.12. The smallest absolute Gasteiger partial charge is 0.292 e. The Bertz CT molecular complexity index is 782. The predicted octanol–water partition coefficient (Wildman–Crippen LogP) is 3.89. The molecule has 0 saturated carbocycles. The molecule has 1 amide bonds. The lowest BCUT2D eigenvalue weighted by molar-refractivity contribution is -0.256. The van der Waals surface area contributed by atoms with E-state index in [0.29, 0.717) is 19.8 Å². The summed E-state index contributed by atoms with van der Waals surface area (Å²) in [6.45, 7) is 3.60. The van der Waals surface area contributed by atoms with Gasteiger partial charge in [-0.3, -0.25) is 4.79 Å². The first-order valence-corrected chi connectivity index (χ1v) is 8.85. The van der Waals surface area contributed by atoms with Gasteiger partial charge in [-0.1, -0.05) is 45.8 Å². The molecule has 2 aliphatic heterocycles. The Morgan fingerprint density at radius 1 is 1.12 bits per heavy atom. The molecule has 0 aliphatic carbocycles. The fraction of sp³-hybridized carbons (Fsp3) is 0.316. The van der Waals surface area contributed by atoms with Crippen LogP contribution in [0.4, 0.5) is 5.69 Å². The highest BCUT2D eigenvalue weighted by atomic mass is 79.9. The van der Waals surface area contributed by atoms with Crippen molar-refractivity contribution >= 4 is 27.5 Å². The third-order valence-corrected chi connectivity index (χ3v) is 4.98. The molecule has 0 bridgehead atoms. The molecule has 1 spiro atoms. The van der Waals surface area contributed by atoms with Gasteiger partial charge in [0.1, 0.15) is 0 Å². The van der Waals surface area contributed by atoms with E-state index < -0.39 is 5.79 Å². The van der Waals surface area contributed by atoms with Gasteiger partial charge in [0.05, 0.1) is 25.4 Å². The van der Waals surface area contributed by atoms with Crippen molar-refractivity contribution in [3.63, 3.8) is 0 Å². The van der Waals surface area contributed by atoms with Gasteiger partial charge in [0.15, 0.2) is 0 Å². The maximum absolute atomic E-state index is 13.2. The van der Waals surface area contributed by atoms with Gasteiger partial charge < -0.3 is 14.4 Å². The van der Waals surface area contributed by atoms with Crippen LogP contribution in [-0.2, 0) is 26.6 Å². The van der Waals surface area contributed by atoms with Crippen LogP contribution in [-0.4, -0.2) is 19.1 Å². The number of ether oxygens (including phenoxy) is 2. The van der Waals surface area contributed by atoms with Gasteiger partial charge in [0.25, 0.3) is 11.7 Å². The molecule has 2 aliphatic rings. The molecule has 5 heteroatoms. The summed E-state index contributed by atoms with van der Waals surface area (Å²) in [4.78, 5) is 14.9. The molecule has 0 aromatic heterocycles. The van der Waals surface area contributed by atoms with E-state index in [1.54, 1.807) is 4.90 Å². The monoisotopic (exact) mass is 387 g/mol. The summed E-state index contributed by atoms with van der Waals surface area (Å²) in [6.07, 6.45) is 0.802. The fourth-order valence-electron chi connectivity index (χ4n) is 3.25. The molecule has 0 N–H and O–H groups in total. The average molecular weight is 388 g/mol. The molecule has 0 atom stereocenters. The van der Waals surface area contributed by atoms with Crippen LogP contribution >= 0.6 is 15.9 Å². The minimum atomic E-state index is -1.29. The largest absolute Gasteiger partial charge is 0.338 e. The first-order valence-electron chi connectivity index (χ1n) is 8.06. The van der Waals surface area contributed by atoms with E-state index in [-0.39, 0.29) is 5.91 Å². The molecule has 1 saturated heterocycles. The standard InChI is InChI=1S/C19H18BrNO3/c1-13-3-5-14(6-4-13)12-21-17-8-7-15(20)11-16(17)19(18(21)22)23-9-2-10-24-19/h3-8,11H,2,9-10,12H2,1H3. The first-order chi connectivity index (χ1) is 11.6. The van der Waals surface area contributed by atoms with Crippen molar-refractivity contribution in [2.45, 2.75) is 25.7 Å². The Kier molecular flexibility index (Phi) is 3.95. The van der Waals surface area contributed by atoms with E-state index in [1.165, 1.54) is 5.56 Å². The summed E-state index contributed by atoms with van der Waals surface area (Å²) in [7, 11) is 0. The number of nitrogens with zero attached hydrogens (tertiary/aromatic N) is 1. The number of hydrogen-bond donors (Lipinski definition) is 0. The van der Waals surface area contributed by atoms with Gasteiger partial charge in [-0.05, 0) is 37.1 Å². The number of amides is 1. The molecule has 0 radical (unpaired) electrons. The van der Waals surface area contributed by atoms with Crippen LogP contribution in [0, 0.1) is 6.92 Å². The van der Waals surface area contributed by atoms with E-state index >= 15 is 0 Å². The Labute approximate surface area is 149 Å². The first kappa shape index (κ1) is 15.8. The van der Waals surface area contributed by atoms with E-state index in [4.69, 9.17) is 9.47 Å². The minimum Gasteiger partial charge on any atom is -0.338 e. The third kappa shape index (κ3) is 2.48. The Balaban J connectivity index is 1.76. The highest BCUT2D eigenvalue weighted by Crippen LogP contribution is 2.46. The summed E-state index contributed by atoms with van der Waals surface area (Å²) in [5, 5.41) is 0. The molecular weight excluding hydrogens is 370 g/mol. The molecule has 2 aromatic carbocycles. The van der Waals surface area contributed by atoms with Gasteiger partial charge in [-0.2, -0.15) is 0 Å². The minimum absolute atomic E-state index is 0.143. The van der Waals surface area contributed by atoms with Crippen molar-refractivity contribution in [2.24, 2.45) is 0 Å². The highest BCUT2D eigenvalue weighted by molar-refractivity contribution is 9.10. The van der Waals surface area contributed by atoms with E-state index in [9.17, 15) is 4.79 Å². The number of halogens is 1. The highest BCUT2D eigenvalue weighted by Gasteiger charge is 2.54. The average Bonchev–Trinajstić information content (AvgIpc) is 2.80. The maximum atomic E-state index is 13.2. The van der Waals surface area contributed by atoms with E-state index in [1.807, 2.05) is 18.2 Å². The summed E-state index contributed by atoms with van der Waals surface area (Å²) in [6, 6.07) is 14.0. The van der Waals surface area contributed by atoms with Crippen molar-refractivity contribution < 1.29 is 14.3 Å². The van der Waals surface area contributed by atoms with E-state index in [0.717, 1.165) is 27.7 Å². The van der Waals surface area contributed by atoms with Crippen LogP contribution in [0.5, 0.6) is 0 Å². The zero-order chi connectivity index (χ0) is 16.7. The quantitative estimate of drug-likeness (QED) is 0.784. The number of aryl methyl sites for hydroxylation is 1. The number of fused-ring (bicyclic) bond motifs is 2. The topological polar surface area (TPSA) is 38.8 Å². The van der Waals surface area contributed by atoms with E-state index in [2.05, 4.69) is 47.1 Å². The summed E-state index contributed by atoms with van der Waals surface area (Å²) < 4.78 is 12.7. The number of anilines is 1. The second kappa shape index (κ2) is 5.99. The Hall–Kier alpha value is -1.69. The number of benzene rings is 2. The van der Waals surface area contributed by atoms with Gasteiger partial charge in [-0.25, -0.2) is 0 Å². The molecule has 2 aromatic rings. The predicted molar refractivity (Wildman–Crippen MR) is 94.7 cm³/mol. The number of hydrogen-bond acceptors (Lipinski definition) is 3. The fourth-order valence-corrected chi connectivity index (χ4v) is 3.62. The second-order valence-electron chi connectivity index (χ2n) is 6.21. The summed E-state index contributed by atoms with van der Waals surface area (Å²) in [5.41, 5.74) is 3.92. The van der Waals surface area contributed by atoms with Gasteiger partial charge in [-0.15, -0.1) is 0 Å². The van der Waals surface area contributed by atoms with Gasteiger partial charge >= 0.3 is 0 Å². The number of rotatable bonds is 2. The van der Waals surface area contributed by atoms with Gasteiger partial charge in [0, 0.05) is 10.0 Å². The molecule has 24 heavy (non-hydrogen) atoms. The maximum Gasteiger partial charge on any atom is 0.292 e. The van der Waals surface area contributed by atoms with Crippen LogP contribution in [0.3, 0.4) is 0 Å². The van der Waals surface area contributed by atoms with Crippen LogP contribution in [0.2, 0.25) is 0 Å². The Morgan fingerprint density at radius 3 is 2.54 bits per heavy atom. The zero-order valence-electron chi connectivity index (χ0n) is 13.4. The van der Waals surface area contributed by atoms with Crippen LogP contribution < -0.4 is 4.90 Å². The third-order valence-electron chi connectivity index (χ3n) is 4.49. The van der Waals surface area contributed by atoms with Crippen LogP contribution in [0.1, 0.15) is 23.1 Å². The molecule has 0 unspecified atom stereocenters. The Morgan fingerprint density at radius 2 is 1.83 bits per heavy atom. The van der Waals surface area contributed by atoms with Crippen LogP contribution in [0.25, 0.3) is 0 Å². The van der Waals surface area contributed by atoms with Crippen LogP contribution in [0.15, 0.2) is 46.9 Å². The lowest BCUT2D eigenvalue weighted by Gasteiger charge is -2.32. The zero-order valence-corrected chi connectivity index (χ0v) is 15.0. The molecule has 4 nitrogen and oxygen atoms in total. The van der Waals surface area contributed by atoms with Crippen molar-refractivity contribution in [2.75, 3.05) is 18.1 Å². The molecule has 124 valence electrons. The SMILES string of the molecule is Cc1ccc(CN2C(=O)C3(OCCCO3)c3cc(Br)ccc32)cc1. The number of carbonyl (C=O) groups excluding carboxylic acids is 1. The summed E-state index contributed by atoms with van der Waals surface area (Å²) >= 11 is 3.49. The van der Waals surface area contributed by atoms with Crippen molar-refractivity contribution in [1.82, 2.24) is 0 Å². The molecule has 4 rings (SSSR count). The van der Waals surface area contributed by atoms with Crippen molar-refractivity contribution in [3.05, 3.63) is 63.6 Å². The molecule has 2 heterocycles.